The molecule has 1 aliphatic rings. The van der Waals surface area contributed by atoms with E-state index in [9.17, 15) is 0 Å². The van der Waals surface area contributed by atoms with Crippen LogP contribution in [0.5, 0.6) is 0 Å². The molecule has 2 aromatic rings. The number of furan rings is 1. The SMILES string of the molecule is Cc1cc(C)cc(NC(=S)N(CCC[NH+]2CCCC2)Cc2ccco2)c1. The second-order valence-corrected chi connectivity index (χ2v) is 7.75. The summed E-state index contributed by atoms with van der Waals surface area (Å²) in [7, 11) is 0. The molecule has 1 aromatic carbocycles. The van der Waals surface area contributed by atoms with E-state index in [0.29, 0.717) is 6.54 Å². The normalized spacial score (nSPS) is 14.5. The number of nitrogens with one attached hydrogen (secondary N) is 2. The molecule has 0 unspecified atom stereocenters. The number of anilines is 1. The summed E-state index contributed by atoms with van der Waals surface area (Å²) in [6.07, 6.45) is 5.61. The van der Waals surface area contributed by atoms with Crippen LogP contribution in [0.3, 0.4) is 0 Å². The first-order chi connectivity index (χ1) is 12.6. The van der Waals surface area contributed by atoms with Crippen LogP contribution in [0.25, 0.3) is 0 Å². The minimum Gasteiger partial charge on any atom is -0.467 e. The quantitative estimate of drug-likeness (QED) is 0.732. The van der Waals surface area contributed by atoms with Crippen molar-refractivity contribution in [1.29, 1.82) is 0 Å². The van der Waals surface area contributed by atoms with Gasteiger partial charge in [0.1, 0.15) is 5.76 Å². The number of benzene rings is 1. The maximum Gasteiger partial charge on any atom is 0.173 e. The number of hydrogen-bond acceptors (Lipinski definition) is 2. The minimum absolute atomic E-state index is 0.707. The molecule has 0 bridgehead atoms. The molecule has 26 heavy (non-hydrogen) atoms. The lowest BCUT2D eigenvalue weighted by atomic mass is 10.1. The van der Waals surface area contributed by atoms with Gasteiger partial charge in [-0.25, -0.2) is 0 Å². The van der Waals surface area contributed by atoms with E-state index in [-0.39, 0.29) is 0 Å². The summed E-state index contributed by atoms with van der Waals surface area (Å²) in [5.41, 5.74) is 3.54. The van der Waals surface area contributed by atoms with E-state index < -0.39 is 0 Å². The van der Waals surface area contributed by atoms with Crippen LogP contribution in [0.4, 0.5) is 5.69 Å². The number of hydrogen-bond donors (Lipinski definition) is 2. The predicted octanol–water partition coefficient (Wildman–Crippen LogP) is 3.16. The molecule has 1 fully saturated rings. The van der Waals surface area contributed by atoms with Crippen molar-refractivity contribution < 1.29 is 9.32 Å². The number of nitrogens with zero attached hydrogens (tertiary/aromatic N) is 1. The molecule has 4 nitrogen and oxygen atoms in total. The molecule has 0 saturated carbocycles. The van der Waals surface area contributed by atoms with E-state index in [1.807, 2.05) is 12.1 Å². The van der Waals surface area contributed by atoms with Gasteiger partial charge in [0.15, 0.2) is 5.11 Å². The molecular formula is C21H30N3OS+. The Morgan fingerprint density at radius 2 is 1.92 bits per heavy atom. The molecule has 0 amide bonds. The zero-order valence-electron chi connectivity index (χ0n) is 15.9. The molecule has 2 N–H and O–H groups in total. The molecular weight excluding hydrogens is 342 g/mol. The molecule has 3 rings (SSSR count). The summed E-state index contributed by atoms with van der Waals surface area (Å²) >= 11 is 5.73. The predicted molar refractivity (Wildman–Crippen MR) is 111 cm³/mol. The zero-order chi connectivity index (χ0) is 18.4. The Bertz CT molecular complexity index is 688. The number of likely N-dealkylation sites (tertiary alicyclic amines) is 1. The topological polar surface area (TPSA) is 32.9 Å². The van der Waals surface area contributed by atoms with E-state index in [4.69, 9.17) is 16.6 Å². The third-order valence-corrected chi connectivity index (χ3v) is 5.32. The molecule has 0 radical (unpaired) electrons. The maximum absolute atomic E-state index is 5.73. The Morgan fingerprint density at radius 3 is 2.58 bits per heavy atom. The van der Waals surface area contributed by atoms with Crippen LogP contribution >= 0.6 is 12.2 Å². The molecule has 2 heterocycles. The smallest absolute Gasteiger partial charge is 0.173 e. The van der Waals surface area contributed by atoms with E-state index in [2.05, 4.69) is 42.3 Å². The van der Waals surface area contributed by atoms with Gasteiger partial charge in [-0.15, -0.1) is 0 Å². The fraction of sp³-hybridized carbons (Fsp3) is 0.476. The lowest BCUT2D eigenvalue weighted by Gasteiger charge is -2.26. The second kappa shape index (κ2) is 9.19. The van der Waals surface area contributed by atoms with Gasteiger partial charge in [0.2, 0.25) is 0 Å². The Balaban J connectivity index is 1.61. The van der Waals surface area contributed by atoms with E-state index in [0.717, 1.165) is 29.5 Å². The molecule has 5 heteroatoms. The van der Waals surface area contributed by atoms with E-state index >= 15 is 0 Å². The van der Waals surface area contributed by atoms with Crippen LogP contribution in [-0.4, -0.2) is 36.2 Å². The van der Waals surface area contributed by atoms with Crippen molar-refractivity contribution in [1.82, 2.24) is 4.90 Å². The summed E-state index contributed by atoms with van der Waals surface area (Å²) < 4.78 is 5.55. The number of quaternary nitrogens is 1. The van der Waals surface area contributed by atoms with Crippen molar-refractivity contribution in [2.45, 2.75) is 39.7 Å². The minimum atomic E-state index is 0.707. The highest BCUT2D eigenvalue weighted by Crippen LogP contribution is 2.15. The van der Waals surface area contributed by atoms with Crippen LogP contribution in [0.15, 0.2) is 41.0 Å². The first kappa shape index (κ1) is 18.9. The third-order valence-electron chi connectivity index (χ3n) is 4.96. The van der Waals surface area contributed by atoms with Crippen molar-refractivity contribution >= 4 is 23.0 Å². The second-order valence-electron chi connectivity index (χ2n) is 7.37. The molecule has 1 aromatic heterocycles. The molecule has 0 spiro atoms. The Labute approximate surface area is 162 Å². The van der Waals surface area contributed by atoms with Crippen LogP contribution in [0.1, 0.15) is 36.1 Å². The van der Waals surface area contributed by atoms with Crippen molar-refractivity contribution in [2.24, 2.45) is 0 Å². The Kier molecular flexibility index (Phi) is 6.69. The van der Waals surface area contributed by atoms with Gasteiger partial charge in [0, 0.05) is 31.5 Å². The number of rotatable bonds is 7. The standard InChI is InChI=1S/C21H29N3OS/c1-17-13-18(2)15-19(14-17)22-21(26)24(16-20-7-5-12-25-20)11-6-10-23-8-3-4-9-23/h5,7,12-15H,3-4,6,8-11,16H2,1-2H3,(H,22,26)/p+1. The monoisotopic (exact) mass is 372 g/mol. The van der Waals surface area contributed by atoms with Gasteiger partial charge < -0.3 is 19.5 Å². The van der Waals surface area contributed by atoms with Crippen molar-refractivity contribution in [2.75, 3.05) is 31.5 Å². The van der Waals surface area contributed by atoms with Gasteiger partial charge >= 0.3 is 0 Å². The summed E-state index contributed by atoms with van der Waals surface area (Å²) in [6.45, 7) is 9.74. The average molecular weight is 373 g/mol. The summed E-state index contributed by atoms with van der Waals surface area (Å²) in [5, 5.41) is 4.19. The van der Waals surface area contributed by atoms with Gasteiger partial charge in [-0.1, -0.05) is 6.07 Å². The van der Waals surface area contributed by atoms with Crippen molar-refractivity contribution in [3.05, 3.63) is 53.5 Å². The van der Waals surface area contributed by atoms with E-state index in [1.54, 1.807) is 11.2 Å². The summed E-state index contributed by atoms with van der Waals surface area (Å²) in [6, 6.07) is 10.4. The average Bonchev–Trinajstić information content (AvgIpc) is 3.26. The zero-order valence-corrected chi connectivity index (χ0v) is 16.7. The maximum atomic E-state index is 5.73. The van der Waals surface area contributed by atoms with Crippen LogP contribution in [0.2, 0.25) is 0 Å². The highest BCUT2D eigenvalue weighted by Gasteiger charge is 2.17. The highest BCUT2D eigenvalue weighted by molar-refractivity contribution is 7.80. The van der Waals surface area contributed by atoms with Crippen molar-refractivity contribution in [3.8, 4) is 0 Å². The van der Waals surface area contributed by atoms with Gasteiger partial charge in [-0.2, -0.15) is 0 Å². The van der Waals surface area contributed by atoms with Crippen LogP contribution in [-0.2, 0) is 6.54 Å². The molecule has 0 atom stereocenters. The van der Waals surface area contributed by atoms with E-state index in [1.165, 1.54) is 43.6 Å². The van der Waals surface area contributed by atoms with Gasteiger partial charge in [-0.3, -0.25) is 0 Å². The van der Waals surface area contributed by atoms with Gasteiger partial charge in [0.25, 0.3) is 0 Å². The number of aryl methyl sites for hydroxylation is 2. The first-order valence-electron chi connectivity index (χ1n) is 9.60. The van der Waals surface area contributed by atoms with Gasteiger partial charge in [-0.05, 0) is 61.5 Å². The van der Waals surface area contributed by atoms with Crippen LogP contribution < -0.4 is 10.2 Å². The largest absolute Gasteiger partial charge is 0.467 e. The fourth-order valence-corrected chi connectivity index (χ4v) is 4.01. The highest BCUT2D eigenvalue weighted by atomic mass is 32.1. The van der Waals surface area contributed by atoms with Gasteiger partial charge in [0.05, 0.1) is 32.4 Å². The summed E-state index contributed by atoms with van der Waals surface area (Å²) in [5.74, 6) is 0.947. The molecule has 1 saturated heterocycles. The third kappa shape index (κ3) is 5.58. The van der Waals surface area contributed by atoms with Crippen LogP contribution in [0, 0.1) is 13.8 Å². The Morgan fingerprint density at radius 1 is 1.19 bits per heavy atom. The lowest BCUT2D eigenvalue weighted by molar-refractivity contribution is -0.887. The lowest BCUT2D eigenvalue weighted by Crippen LogP contribution is -3.10. The Hall–Kier alpha value is -1.85. The molecule has 1 aliphatic heterocycles. The fourth-order valence-electron chi connectivity index (χ4n) is 3.74. The number of thiocarbonyl (C=S) groups is 1. The first-order valence-corrected chi connectivity index (χ1v) is 10.0. The molecule has 0 aliphatic carbocycles. The molecule has 140 valence electrons. The summed E-state index contributed by atoms with van der Waals surface area (Å²) in [4.78, 5) is 3.96. The van der Waals surface area contributed by atoms with Crippen molar-refractivity contribution in [3.63, 3.8) is 0 Å².